The molecule has 0 fully saturated rings. The topological polar surface area (TPSA) is 407 Å². The van der Waals surface area contributed by atoms with Crippen LogP contribution in [0.25, 0.3) is 0 Å². The van der Waals surface area contributed by atoms with Crippen LogP contribution in [-0.2, 0) is 40.3 Å². The largest absolute Gasteiger partial charge is 2.00 e. The van der Waals surface area contributed by atoms with Gasteiger partial charge < -0.3 is 99.0 Å². The summed E-state index contributed by atoms with van der Waals surface area (Å²) in [5.41, 5.74) is 0. The van der Waals surface area contributed by atoms with Crippen LogP contribution < -0.4 is 58.7 Å². The molecule has 21 nitrogen and oxygen atoms in total. The molecule has 0 heterocycles. The Balaban J connectivity index is -0.0000000187. The average Bonchev–Trinajstić information content (AvgIpc) is 1.96. The summed E-state index contributed by atoms with van der Waals surface area (Å²) in [6, 6.07) is 0. The molecule has 0 rings (SSSR count). The van der Waals surface area contributed by atoms with Crippen molar-refractivity contribution in [3.05, 3.63) is 0 Å². The third-order valence-corrected chi connectivity index (χ3v) is 5.40. The van der Waals surface area contributed by atoms with E-state index in [1.54, 1.807) is 0 Å². The van der Waals surface area contributed by atoms with E-state index in [-0.39, 0.29) is 86.9 Å². The third kappa shape index (κ3) is 59.2. The van der Waals surface area contributed by atoms with Crippen LogP contribution in [0.3, 0.4) is 0 Å². The molecule has 168 valence electrons. The Bertz CT molecular complexity index is 580. The molecule has 29 heavy (non-hydrogen) atoms. The number of rotatable bonds is 6. The first-order chi connectivity index (χ1) is 11.1. The van der Waals surface area contributed by atoms with Gasteiger partial charge >= 0.3 is 86.9 Å². The minimum absolute atomic E-state index is 0. The van der Waals surface area contributed by atoms with Gasteiger partial charge in [0.1, 0.15) is 0 Å². The molecule has 0 unspecified atom stereocenters. The average molecular weight is 610 g/mol. The van der Waals surface area contributed by atoms with E-state index in [0.717, 1.165) is 0 Å². The summed E-state index contributed by atoms with van der Waals surface area (Å²) in [5.74, 6) is 0. The second-order valence-electron chi connectivity index (χ2n) is 2.93. The van der Waals surface area contributed by atoms with Crippen molar-refractivity contribution in [3.63, 3.8) is 0 Å². The van der Waals surface area contributed by atoms with E-state index in [4.69, 9.17) is 0 Å². The molecule has 0 aromatic rings. The Hall–Kier alpha value is 3.30. The van der Waals surface area contributed by atoms with Crippen molar-refractivity contribution in [2.75, 3.05) is 0 Å². The predicted octanol–water partition coefficient (Wildman–Crippen LogP) is -9.88. The Kier molecular flexibility index (Phi) is 23.5. The van der Waals surface area contributed by atoms with Gasteiger partial charge in [-0.3, -0.25) is 0 Å². The normalized spacial score (nSPS) is 12.8. The van der Waals surface area contributed by atoms with E-state index in [0.29, 0.717) is 0 Å². The van der Waals surface area contributed by atoms with Crippen LogP contribution in [0, 0.1) is 0 Å². The van der Waals surface area contributed by atoms with Crippen molar-refractivity contribution in [1.82, 2.24) is 0 Å². The van der Waals surface area contributed by atoms with Gasteiger partial charge in [0.05, 0.1) is 46.9 Å². The van der Waals surface area contributed by atoms with Crippen molar-refractivity contribution in [2.24, 2.45) is 0 Å². The first kappa shape index (κ1) is 42.5. The molecule has 0 aliphatic heterocycles. The fraction of sp³-hybridized carbons (Fsp3) is 0. The van der Waals surface area contributed by atoms with Crippen LogP contribution in [0.5, 0.6) is 0 Å². The second-order valence-corrected chi connectivity index (χ2v) is 10.3. The van der Waals surface area contributed by atoms with Gasteiger partial charge in [-0.25, -0.2) is 0 Å². The maximum Gasteiger partial charge on any atom is 2.00 e. The maximum absolute atomic E-state index is 9.32. The zero-order valence-electron chi connectivity index (χ0n) is 20.7. The fourth-order valence-electron chi connectivity index (χ4n) is 0.367. The summed E-state index contributed by atoms with van der Waals surface area (Å²) in [4.78, 5) is 112. The molecule has 29 heteroatoms. The molecule has 0 aliphatic carbocycles. The fourth-order valence-corrected chi connectivity index (χ4v) is 3.31. The first-order valence-corrected chi connectivity index (χ1v) is 13.1. The standard InChI is InChI=1S/2Ca.3H4O7P2/c;;3*1-8(2,3)7-9(4,5)6/h;;3*(H2,1,2,3)(H2,4,5,6)/q2*+2;;;/p-4. The molecule has 0 atom stereocenters. The Morgan fingerprint density at radius 2 is 0.414 bits per heavy atom. The van der Waals surface area contributed by atoms with Crippen LogP contribution in [0.4, 0.5) is 0 Å². The molecule has 0 radical (unpaired) electrons. The smallest absolute Gasteiger partial charge is 0.790 e. The van der Waals surface area contributed by atoms with Gasteiger partial charge in [-0.15, -0.1) is 0 Å². The summed E-state index contributed by atoms with van der Waals surface area (Å²) in [5, 5.41) is 0. The van der Waals surface area contributed by atoms with Gasteiger partial charge in [-0.05, 0) is 0 Å². The maximum atomic E-state index is 9.32. The predicted molar refractivity (Wildman–Crippen MR) is 69.3 cm³/mol. The van der Waals surface area contributed by atoms with Crippen LogP contribution in [0.1, 0.15) is 11.4 Å². The van der Waals surface area contributed by atoms with Crippen molar-refractivity contribution in [2.45, 2.75) is 0 Å². The van der Waals surface area contributed by atoms with Gasteiger partial charge in [0.15, 0.2) is 0 Å². The molecule has 0 saturated heterocycles. The second kappa shape index (κ2) is 16.1. The minimum atomic E-state index is -5.68. The van der Waals surface area contributed by atoms with Crippen molar-refractivity contribution in [1.29, 1.82) is 0 Å². The minimum Gasteiger partial charge on any atom is -0.790 e. The van der Waals surface area contributed by atoms with Crippen LogP contribution in [0.2, 0.25) is 0 Å². The number of hydrogen-bond acceptors (Lipinski definition) is 21. The summed E-state index contributed by atoms with van der Waals surface area (Å²) < 4.78 is 63.5. The van der Waals surface area contributed by atoms with Crippen molar-refractivity contribution in [3.8, 4) is 0 Å². The van der Waals surface area contributed by atoms with Crippen LogP contribution in [-0.4, -0.2) is 75.5 Å². The third-order valence-electron chi connectivity index (χ3n) is 0.600. The van der Waals surface area contributed by atoms with E-state index < -0.39 is 46.9 Å². The van der Waals surface area contributed by atoms with E-state index >= 15 is 0 Å². The number of phosphoric acid groups is 6. The molecule has 0 bridgehead atoms. The summed E-state index contributed by atoms with van der Waals surface area (Å²) in [6.07, 6.45) is 0. The molecule has 0 aromatic carbocycles. The van der Waals surface area contributed by atoms with Gasteiger partial charge in [-0.1, -0.05) is 0 Å². The van der Waals surface area contributed by atoms with Gasteiger partial charge in [0.2, 0.25) is 0 Å². The number of hydrogen-bond donors (Lipinski definition) is 0. The van der Waals surface area contributed by atoms with Crippen molar-refractivity contribution >= 4 is 122 Å². The molecular formula is H8Ca2O21P6. The molecule has 0 saturated carbocycles. The Morgan fingerprint density at radius 1 is 0.345 bits per heavy atom. The van der Waals surface area contributed by atoms with Crippen LogP contribution in [0.15, 0.2) is 0 Å². The Labute approximate surface area is 231 Å². The molecular weight excluding hydrogens is 602 g/mol. The van der Waals surface area contributed by atoms with E-state index in [9.17, 15) is 86.1 Å². The summed E-state index contributed by atoms with van der Waals surface area (Å²) >= 11 is 0. The monoisotopic (exact) mass is 610 g/mol. The molecule has 0 aliphatic rings. The van der Waals surface area contributed by atoms with E-state index in [1.165, 1.54) is 0 Å². The van der Waals surface area contributed by atoms with E-state index in [1.807, 2.05) is 0 Å². The Morgan fingerprint density at radius 3 is 0.414 bits per heavy atom. The molecule has 0 amide bonds. The quantitative estimate of drug-likeness (QED) is 0.199. The molecule has 0 N–H and O–H groups in total. The van der Waals surface area contributed by atoms with E-state index in [2.05, 4.69) is 12.9 Å². The zero-order chi connectivity index (χ0) is 23.1. The summed E-state index contributed by atoms with van der Waals surface area (Å²) in [6.45, 7) is 0. The zero-order valence-corrected chi connectivity index (χ0v) is 22.5. The van der Waals surface area contributed by atoms with Gasteiger partial charge in [0.25, 0.3) is 0 Å². The molecule has 0 spiro atoms. The summed E-state index contributed by atoms with van der Waals surface area (Å²) in [7, 11) is -34.1. The molecule has 0 aromatic heterocycles. The van der Waals surface area contributed by atoms with Gasteiger partial charge in [-0.2, -0.15) is 0 Å². The van der Waals surface area contributed by atoms with Crippen molar-refractivity contribution < 1.29 is 110 Å². The first-order valence-electron chi connectivity index (χ1n) is 4.38. The van der Waals surface area contributed by atoms with Crippen LogP contribution >= 0.6 is 46.9 Å². The van der Waals surface area contributed by atoms with Gasteiger partial charge in [0, 0.05) is 0 Å². The SMILES string of the molecule is O=P([O-])([O-])OP(=O)([O-])[O-].O=P([O-])([O-])OP(=O)([O-])[O-].O=P([O-])([O-])OP(=O)([O-])[O-].[Ca+2].[Ca+2].[H+].[H+].[H+].[H+].[H+].[H+].[H+].[H+].